The van der Waals surface area contributed by atoms with Crippen LogP contribution in [0.4, 0.5) is 0 Å². The minimum atomic E-state index is -0.886. The highest BCUT2D eigenvalue weighted by Crippen LogP contribution is 2.16. The zero-order valence-electron chi connectivity index (χ0n) is 11.5. The number of hydrogen-bond acceptors (Lipinski definition) is 7. The molecule has 2 atom stereocenters. The van der Waals surface area contributed by atoms with Crippen LogP contribution in [0.15, 0.2) is 0 Å². The Balaban J connectivity index is 3.97. The number of likely N-dealkylation sites (N-methyl/N-ethyl adjacent to an activating group) is 1. The highest BCUT2D eigenvalue weighted by atomic mass is 16.8. The predicted molar refractivity (Wildman–Crippen MR) is 63.3 cm³/mol. The Morgan fingerprint density at radius 3 is 2.56 bits per heavy atom. The number of rotatable bonds is 7. The Kier molecular flexibility index (Phi) is 7.29. The number of aliphatic hydroxyl groups is 1. The van der Waals surface area contributed by atoms with Crippen molar-refractivity contribution in [2.75, 3.05) is 20.2 Å². The van der Waals surface area contributed by atoms with Gasteiger partial charge in [0.15, 0.2) is 0 Å². The number of aliphatic hydroxyl groups excluding tert-OH is 1. The van der Waals surface area contributed by atoms with E-state index >= 15 is 0 Å². The minimum absolute atomic E-state index is 0.140. The molecule has 18 heavy (non-hydrogen) atoms. The van der Waals surface area contributed by atoms with Gasteiger partial charge in [0.05, 0.1) is 18.6 Å². The number of ether oxygens (including phenoxy) is 1. The Hall–Kier alpha value is -0.770. The fraction of sp³-hybridized carbons (Fsp3) is 0.900. The molecule has 0 spiro atoms. The van der Waals surface area contributed by atoms with Crippen LogP contribution in [0, 0.1) is 10.6 Å². The van der Waals surface area contributed by atoms with Crippen LogP contribution in [-0.4, -0.2) is 42.6 Å². The lowest BCUT2D eigenvalue weighted by atomic mass is 9.97. The standard InChI is InChI=1S/C10H23N3O5/c1-8(17-9(15)10(2,3)4)18-11-13(16)12(5)6-7-14/h8,11,13-14H,6-7H2,1-5H3. The second kappa shape index (κ2) is 7.62. The van der Waals surface area contributed by atoms with Gasteiger partial charge >= 0.3 is 5.97 Å². The van der Waals surface area contributed by atoms with Gasteiger partial charge in [-0.15, -0.1) is 5.01 Å². The Morgan fingerprint density at radius 2 is 2.11 bits per heavy atom. The maximum Gasteiger partial charge on any atom is 0.313 e. The van der Waals surface area contributed by atoms with E-state index in [1.807, 2.05) is 0 Å². The summed E-state index contributed by atoms with van der Waals surface area (Å²) in [6.07, 6.45) is -0.886. The molecule has 0 saturated carbocycles. The van der Waals surface area contributed by atoms with Crippen LogP contribution in [-0.2, 0) is 14.4 Å². The van der Waals surface area contributed by atoms with Crippen molar-refractivity contribution in [3.8, 4) is 0 Å². The number of carbonyl (C=O) groups excluding carboxylic acids is 1. The van der Waals surface area contributed by atoms with Crippen molar-refractivity contribution < 1.29 is 24.8 Å². The van der Waals surface area contributed by atoms with E-state index in [2.05, 4.69) is 5.59 Å². The molecule has 0 aromatic carbocycles. The second-order valence-electron chi connectivity index (χ2n) is 4.89. The van der Waals surface area contributed by atoms with E-state index in [-0.39, 0.29) is 13.2 Å². The molecule has 2 unspecified atom stereocenters. The van der Waals surface area contributed by atoms with E-state index in [4.69, 9.17) is 14.7 Å². The van der Waals surface area contributed by atoms with Crippen molar-refractivity contribution in [1.29, 1.82) is 0 Å². The number of nitrogens with one attached hydrogen (secondary N) is 2. The normalized spacial score (nSPS) is 15.6. The van der Waals surface area contributed by atoms with Crippen LogP contribution in [0.3, 0.4) is 0 Å². The molecule has 8 nitrogen and oxygen atoms in total. The van der Waals surface area contributed by atoms with Gasteiger partial charge < -0.3 is 15.1 Å². The van der Waals surface area contributed by atoms with Crippen LogP contribution in [0.25, 0.3) is 0 Å². The van der Waals surface area contributed by atoms with Crippen LogP contribution >= 0.6 is 0 Å². The maximum absolute atomic E-state index is 11.5. The molecular weight excluding hydrogens is 242 g/mol. The summed E-state index contributed by atoms with van der Waals surface area (Å²) in [5.41, 5.74) is 1.49. The van der Waals surface area contributed by atoms with Gasteiger partial charge in [-0.1, -0.05) is 0 Å². The first kappa shape index (κ1) is 17.2. The van der Waals surface area contributed by atoms with E-state index in [1.165, 1.54) is 19.0 Å². The number of carbonyl (C=O) groups is 1. The first-order chi connectivity index (χ1) is 8.18. The van der Waals surface area contributed by atoms with Gasteiger partial charge in [0, 0.05) is 14.0 Å². The predicted octanol–water partition coefficient (Wildman–Crippen LogP) is -1.42. The molecule has 0 aromatic heterocycles. The lowest BCUT2D eigenvalue weighted by molar-refractivity contribution is -1.03. The molecule has 8 heteroatoms. The van der Waals surface area contributed by atoms with Gasteiger partial charge in [-0.3, -0.25) is 4.79 Å². The van der Waals surface area contributed by atoms with Gasteiger partial charge in [0.1, 0.15) is 0 Å². The molecular formula is C10H23N3O5. The Morgan fingerprint density at radius 1 is 1.56 bits per heavy atom. The zero-order valence-corrected chi connectivity index (χ0v) is 11.5. The van der Waals surface area contributed by atoms with Gasteiger partial charge in [-0.25, -0.2) is 4.84 Å². The van der Waals surface area contributed by atoms with Crippen LogP contribution in [0.5, 0.6) is 0 Å². The van der Waals surface area contributed by atoms with Crippen LogP contribution in [0.1, 0.15) is 27.7 Å². The van der Waals surface area contributed by atoms with Gasteiger partial charge in [-0.2, -0.15) is 5.28 Å². The smallest absolute Gasteiger partial charge is 0.313 e. The highest BCUT2D eigenvalue weighted by molar-refractivity contribution is 5.75. The molecule has 0 fully saturated rings. The quantitative estimate of drug-likeness (QED) is 0.295. The topological polar surface area (TPSA) is 98.5 Å². The van der Waals surface area contributed by atoms with Gasteiger partial charge in [0.25, 0.3) is 0 Å². The summed E-state index contributed by atoms with van der Waals surface area (Å²) in [5.74, 6) is -0.423. The van der Waals surface area contributed by atoms with Crippen molar-refractivity contribution in [1.82, 2.24) is 10.6 Å². The van der Waals surface area contributed by atoms with E-state index in [9.17, 15) is 10.0 Å². The van der Waals surface area contributed by atoms with Crippen LogP contribution < -0.4 is 10.9 Å². The zero-order chi connectivity index (χ0) is 14.3. The van der Waals surface area contributed by atoms with E-state index in [1.54, 1.807) is 20.8 Å². The Bertz CT molecular complexity index is 256. The van der Waals surface area contributed by atoms with E-state index in [0.717, 1.165) is 0 Å². The van der Waals surface area contributed by atoms with Crippen molar-refractivity contribution in [3.05, 3.63) is 5.21 Å². The molecule has 0 aliphatic carbocycles. The van der Waals surface area contributed by atoms with Gasteiger partial charge in [0.2, 0.25) is 6.29 Å². The number of hydrogen-bond donors (Lipinski definition) is 3. The molecule has 0 saturated heterocycles. The molecule has 0 radical (unpaired) electrons. The third-order valence-electron chi connectivity index (χ3n) is 1.98. The van der Waals surface area contributed by atoms with Crippen molar-refractivity contribution in [2.45, 2.75) is 34.0 Å². The van der Waals surface area contributed by atoms with E-state index < -0.39 is 23.0 Å². The summed E-state index contributed by atoms with van der Waals surface area (Å²) < 4.78 is 4.96. The first-order valence-corrected chi connectivity index (χ1v) is 5.67. The monoisotopic (exact) mass is 265 g/mol. The molecule has 0 aromatic rings. The summed E-state index contributed by atoms with van der Waals surface area (Å²) in [4.78, 5) is 16.4. The van der Waals surface area contributed by atoms with Crippen molar-refractivity contribution in [3.63, 3.8) is 0 Å². The molecule has 0 aliphatic heterocycles. The Labute approximate surface area is 107 Å². The molecule has 3 N–H and O–H groups in total. The molecule has 108 valence electrons. The molecule has 0 rings (SSSR count). The summed E-state index contributed by atoms with van der Waals surface area (Å²) in [6, 6.07) is 0. The molecule has 0 heterocycles. The summed E-state index contributed by atoms with van der Waals surface area (Å²) in [6.45, 7) is 6.70. The summed E-state index contributed by atoms with van der Waals surface area (Å²) >= 11 is 0. The minimum Gasteiger partial charge on any atom is -0.591 e. The third-order valence-corrected chi connectivity index (χ3v) is 1.98. The SMILES string of the molecule is CC(ON[NH+]([O-])N(C)CCO)OC(=O)C(C)(C)C. The highest BCUT2D eigenvalue weighted by Gasteiger charge is 2.25. The molecule has 0 aliphatic rings. The molecule has 0 amide bonds. The average Bonchev–Trinajstić information content (AvgIpc) is 2.24. The number of esters is 1. The lowest BCUT2D eigenvalue weighted by Crippen LogP contribution is -3.19. The number of nitrogens with zero attached hydrogens (tertiary/aromatic N) is 1. The van der Waals surface area contributed by atoms with Crippen LogP contribution in [0.2, 0.25) is 0 Å². The summed E-state index contributed by atoms with van der Waals surface area (Å²) in [5, 5.41) is 20.7. The number of quaternary nitrogens is 1. The third kappa shape index (κ3) is 6.84. The fourth-order valence-corrected chi connectivity index (χ4v) is 0.814. The van der Waals surface area contributed by atoms with E-state index in [0.29, 0.717) is 0 Å². The second-order valence-corrected chi connectivity index (χ2v) is 4.89. The van der Waals surface area contributed by atoms with Crippen molar-refractivity contribution >= 4 is 5.97 Å². The average molecular weight is 265 g/mol. The van der Waals surface area contributed by atoms with Crippen molar-refractivity contribution in [2.24, 2.45) is 5.41 Å². The fourth-order valence-electron chi connectivity index (χ4n) is 0.814. The van der Waals surface area contributed by atoms with Gasteiger partial charge in [-0.05, 0) is 26.4 Å². The first-order valence-electron chi connectivity index (χ1n) is 5.67. The maximum atomic E-state index is 11.5. The summed E-state index contributed by atoms with van der Waals surface area (Å²) in [7, 11) is 1.50. The molecule has 0 bridgehead atoms. The lowest BCUT2D eigenvalue weighted by Gasteiger charge is -2.29. The largest absolute Gasteiger partial charge is 0.591 e.